The normalized spacial score (nSPS) is 14.6. The fourth-order valence-electron chi connectivity index (χ4n) is 4.78. The Kier molecular flexibility index (Phi) is 7.86. The molecule has 0 spiro atoms. The van der Waals surface area contributed by atoms with Gasteiger partial charge in [0, 0.05) is 24.8 Å². The molecule has 1 fully saturated rings. The summed E-state index contributed by atoms with van der Waals surface area (Å²) in [6, 6.07) is 17.1. The van der Waals surface area contributed by atoms with Crippen molar-refractivity contribution in [3.8, 4) is 11.3 Å². The molecule has 1 aliphatic rings. The minimum atomic E-state index is -0.339. The summed E-state index contributed by atoms with van der Waals surface area (Å²) < 4.78 is 7.24. The number of fused-ring (bicyclic) bond motifs is 1. The molecule has 5 rings (SSSR count). The summed E-state index contributed by atoms with van der Waals surface area (Å²) in [4.78, 5) is 25.4. The molecule has 1 unspecified atom stereocenters. The van der Waals surface area contributed by atoms with Gasteiger partial charge in [-0.15, -0.1) is 0 Å². The number of hydrogen-bond acceptors (Lipinski definition) is 7. The van der Waals surface area contributed by atoms with Crippen LogP contribution in [0.15, 0.2) is 67.0 Å². The van der Waals surface area contributed by atoms with Crippen LogP contribution in [0.25, 0.3) is 16.9 Å². The van der Waals surface area contributed by atoms with E-state index in [0.717, 1.165) is 35.8 Å². The Balaban J connectivity index is 1.49. The fraction of sp³-hybridized carbons (Fsp3) is 0.345. The quantitative estimate of drug-likeness (QED) is 0.309. The molecule has 9 heteroatoms. The smallest absolute Gasteiger partial charge is 0.270 e. The van der Waals surface area contributed by atoms with Gasteiger partial charge in [0.05, 0.1) is 43.4 Å². The van der Waals surface area contributed by atoms with Crippen molar-refractivity contribution in [1.29, 1.82) is 0 Å². The molecule has 0 saturated carbocycles. The van der Waals surface area contributed by atoms with Crippen molar-refractivity contribution in [3.63, 3.8) is 0 Å². The Labute approximate surface area is 222 Å². The highest BCUT2D eigenvalue weighted by molar-refractivity contribution is 6.00. The molecule has 4 heterocycles. The second kappa shape index (κ2) is 11.6. The number of rotatable bonds is 9. The summed E-state index contributed by atoms with van der Waals surface area (Å²) in [6.07, 6.45) is 4.33. The predicted molar refractivity (Wildman–Crippen MR) is 149 cm³/mol. The van der Waals surface area contributed by atoms with Crippen LogP contribution >= 0.6 is 0 Å². The molecular weight excluding hydrogens is 480 g/mol. The zero-order valence-electron chi connectivity index (χ0n) is 21.8. The van der Waals surface area contributed by atoms with E-state index < -0.39 is 0 Å². The van der Waals surface area contributed by atoms with E-state index in [9.17, 15) is 9.90 Å². The average molecular weight is 515 g/mol. The van der Waals surface area contributed by atoms with Gasteiger partial charge >= 0.3 is 0 Å². The lowest BCUT2D eigenvalue weighted by atomic mass is 10.0. The van der Waals surface area contributed by atoms with Crippen LogP contribution in [0.1, 0.15) is 30.8 Å². The second-order valence-corrected chi connectivity index (χ2v) is 9.90. The monoisotopic (exact) mass is 514 g/mol. The second-order valence-electron chi connectivity index (χ2n) is 9.90. The van der Waals surface area contributed by atoms with Crippen molar-refractivity contribution < 1.29 is 14.6 Å². The number of carbonyl (C=O) groups excluding carboxylic acids is 1. The van der Waals surface area contributed by atoms with Gasteiger partial charge < -0.3 is 25.4 Å². The number of ether oxygens (including phenoxy) is 1. The van der Waals surface area contributed by atoms with Gasteiger partial charge in [-0.05, 0) is 36.6 Å². The largest absolute Gasteiger partial charge is 0.394 e. The number of aliphatic hydroxyl groups is 1. The van der Waals surface area contributed by atoms with Crippen molar-refractivity contribution in [1.82, 2.24) is 19.7 Å². The summed E-state index contributed by atoms with van der Waals surface area (Å²) in [5.41, 5.74) is 4.05. The van der Waals surface area contributed by atoms with Crippen LogP contribution in [-0.2, 0) is 4.74 Å². The number of nitrogens with zero attached hydrogens (tertiary/aromatic N) is 4. The van der Waals surface area contributed by atoms with E-state index in [1.807, 2.05) is 60.8 Å². The van der Waals surface area contributed by atoms with Crippen LogP contribution in [0.5, 0.6) is 0 Å². The highest BCUT2D eigenvalue weighted by Gasteiger charge is 2.24. The molecule has 1 amide bonds. The summed E-state index contributed by atoms with van der Waals surface area (Å²) in [7, 11) is 0. The predicted octanol–water partition coefficient (Wildman–Crippen LogP) is 4.11. The van der Waals surface area contributed by atoms with Crippen LogP contribution in [0.4, 0.5) is 17.2 Å². The molecule has 1 aliphatic heterocycles. The van der Waals surface area contributed by atoms with Crippen LogP contribution < -0.4 is 15.5 Å². The standard InChI is InChI=1S/C29H34N6O3/c1-20(2)17-23(19-36)32-29(37)27-26(21-7-4-3-5-8-21)33-28-24(9-6-12-35(27)28)31-22-10-11-25(30-18-22)34-13-15-38-16-14-34/h3-12,18,20,23,31,36H,13-17,19H2,1-2H3,(H,32,37). The molecule has 0 radical (unpaired) electrons. The molecule has 1 saturated heterocycles. The third-order valence-electron chi connectivity index (χ3n) is 6.59. The van der Waals surface area contributed by atoms with E-state index in [-0.39, 0.29) is 18.6 Å². The van der Waals surface area contributed by atoms with Crippen molar-refractivity contribution in [2.45, 2.75) is 26.3 Å². The summed E-state index contributed by atoms with van der Waals surface area (Å²) in [6.45, 7) is 7.08. The molecule has 1 aromatic carbocycles. The number of imidazole rings is 1. The number of morpholine rings is 1. The third-order valence-corrected chi connectivity index (χ3v) is 6.59. The van der Waals surface area contributed by atoms with Gasteiger partial charge in [0.15, 0.2) is 5.65 Å². The fourth-order valence-corrected chi connectivity index (χ4v) is 4.78. The van der Waals surface area contributed by atoms with Gasteiger partial charge in [0.1, 0.15) is 17.2 Å². The number of hydrogen-bond donors (Lipinski definition) is 3. The zero-order valence-corrected chi connectivity index (χ0v) is 21.8. The van der Waals surface area contributed by atoms with Crippen LogP contribution in [0, 0.1) is 5.92 Å². The van der Waals surface area contributed by atoms with Crippen molar-refractivity contribution in [2.24, 2.45) is 5.92 Å². The van der Waals surface area contributed by atoms with Gasteiger partial charge in [-0.3, -0.25) is 9.20 Å². The number of benzene rings is 1. The van der Waals surface area contributed by atoms with Crippen LogP contribution in [-0.4, -0.2) is 64.3 Å². The van der Waals surface area contributed by atoms with E-state index in [4.69, 9.17) is 9.72 Å². The maximum absolute atomic E-state index is 13.6. The first-order chi connectivity index (χ1) is 18.5. The maximum atomic E-state index is 13.6. The molecule has 4 aromatic rings. The molecule has 38 heavy (non-hydrogen) atoms. The molecule has 198 valence electrons. The Morgan fingerprint density at radius 1 is 1.08 bits per heavy atom. The Hall–Kier alpha value is -3.95. The van der Waals surface area contributed by atoms with Crippen molar-refractivity contribution in [3.05, 3.63) is 72.7 Å². The Morgan fingerprint density at radius 3 is 2.55 bits per heavy atom. The van der Waals surface area contributed by atoms with E-state index >= 15 is 0 Å². The summed E-state index contributed by atoms with van der Waals surface area (Å²) in [5.74, 6) is 0.982. The summed E-state index contributed by atoms with van der Waals surface area (Å²) >= 11 is 0. The first kappa shape index (κ1) is 25.7. The van der Waals surface area contributed by atoms with Crippen molar-refractivity contribution in [2.75, 3.05) is 43.1 Å². The number of pyridine rings is 2. The van der Waals surface area contributed by atoms with E-state index in [2.05, 4.69) is 34.4 Å². The van der Waals surface area contributed by atoms with Gasteiger partial charge in [0.25, 0.3) is 5.91 Å². The number of aliphatic hydroxyl groups excluding tert-OH is 1. The number of nitrogens with one attached hydrogen (secondary N) is 2. The van der Waals surface area contributed by atoms with E-state index in [1.165, 1.54) is 0 Å². The third kappa shape index (κ3) is 5.64. The first-order valence-electron chi connectivity index (χ1n) is 13.1. The Bertz CT molecular complexity index is 1360. The van der Waals surface area contributed by atoms with Gasteiger partial charge in [-0.25, -0.2) is 9.97 Å². The van der Waals surface area contributed by atoms with E-state index in [0.29, 0.717) is 42.6 Å². The number of amides is 1. The zero-order chi connectivity index (χ0) is 26.5. The van der Waals surface area contributed by atoms with Crippen LogP contribution in [0.2, 0.25) is 0 Å². The van der Waals surface area contributed by atoms with Gasteiger partial charge in [-0.1, -0.05) is 44.2 Å². The topological polar surface area (TPSA) is 104 Å². The molecule has 3 N–H and O–H groups in total. The molecule has 0 aliphatic carbocycles. The van der Waals surface area contributed by atoms with Gasteiger partial charge in [0.2, 0.25) is 0 Å². The highest BCUT2D eigenvalue weighted by atomic mass is 16.5. The van der Waals surface area contributed by atoms with Crippen LogP contribution in [0.3, 0.4) is 0 Å². The lowest BCUT2D eigenvalue weighted by Gasteiger charge is -2.27. The van der Waals surface area contributed by atoms with E-state index in [1.54, 1.807) is 10.6 Å². The number of aromatic nitrogens is 3. The van der Waals surface area contributed by atoms with Gasteiger partial charge in [-0.2, -0.15) is 0 Å². The Morgan fingerprint density at radius 2 is 1.87 bits per heavy atom. The molecule has 3 aromatic heterocycles. The minimum absolute atomic E-state index is 0.123. The maximum Gasteiger partial charge on any atom is 0.270 e. The first-order valence-corrected chi connectivity index (χ1v) is 13.1. The SMILES string of the molecule is CC(C)CC(CO)NC(=O)c1c(-c2ccccc2)nc2c(Nc3ccc(N4CCOCC4)nc3)cccn12. The average Bonchev–Trinajstić information content (AvgIpc) is 3.35. The lowest BCUT2D eigenvalue weighted by molar-refractivity contribution is 0.0903. The highest BCUT2D eigenvalue weighted by Crippen LogP contribution is 2.30. The number of carbonyl (C=O) groups is 1. The summed E-state index contributed by atoms with van der Waals surface area (Å²) in [5, 5.41) is 16.3. The lowest BCUT2D eigenvalue weighted by Crippen LogP contribution is -2.39. The molecule has 1 atom stereocenters. The molecule has 9 nitrogen and oxygen atoms in total. The van der Waals surface area contributed by atoms with Crippen molar-refractivity contribution >= 4 is 28.7 Å². The molecular formula is C29H34N6O3. The molecule has 0 bridgehead atoms. The number of anilines is 3. The minimum Gasteiger partial charge on any atom is -0.394 e.